The molecule has 0 heterocycles. The molecular formula is C21H27NO4S. The van der Waals surface area contributed by atoms with Crippen molar-refractivity contribution < 1.29 is 19.0 Å². The molecule has 0 saturated heterocycles. The van der Waals surface area contributed by atoms with Gasteiger partial charge in [0, 0.05) is 18.5 Å². The number of aryl methyl sites for hydroxylation is 1. The molecule has 0 bridgehead atoms. The first-order valence-corrected chi connectivity index (χ1v) is 9.78. The topological polar surface area (TPSA) is 48.0 Å². The van der Waals surface area contributed by atoms with Crippen LogP contribution in [0.4, 0.5) is 0 Å². The number of hydrogen-bond acceptors (Lipinski definition) is 5. The molecule has 0 radical (unpaired) electrons. The van der Waals surface area contributed by atoms with Crippen molar-refractivity contribution in [3.8, 4) is 17.2 Å². The zero-order chi connectivity index (χ0) is 19.8. The minimum atomic E-state index is 0.0723. The number of benzene rings is 2. The van der Waals surface area contributed by atoms with E-state index in [4.69, 9.17) is 14.2 Å². The van der Waals surface area contributed by atoms with Crippen LogP contribution in [0.2, 0.25) is 0 Å². The largest absolute Gasteiger partial charge is 0.494 e. The Bertz CT molecular complexity index is 762. The lowest BCUT2D eigenvalue weighted by molar-refractivity contribution is -0.127. The van der Waals surface area contributed by atoms with E-state index in [1.807, 2.05) is 57.3 Å². The molecule has 2 aromatic rings. The summed E-state index contributed by atoms with van der Waals surface area (Å²) < 4.78 is 16.1. The van der Waals surface area contributed by atoms with Gasteiger partial charge in [0.1, 0.15) is 5.75 Å². The van der Waals surface area contributed by atoms with Gasteiger partial charge in [-0.1, -0.05) is 0 Å². The fourth-order valence-corrected chi connectivity index (χ4v) is 3.43. The maximum Gasteiger partial charge on any atom is 0.232 e. The molecule has 5 nitrogen and oxygen atoms in total. The van der Waals surface area contributed by atoms with Crippen molar-refractivity contribution in [1.82, 2.24) is 4.90 Å². The standard InChI is InChI=1S/C21H27NO4S/c1-6-26-17-7-9-18(10-8-17)27-14-21(23)22(3)13-16-12-20(25-5)19(24-4)11-15(16)2/h7-12H,6,13-14H2,1-5H3. The normalized spacial score (nSPS) is 10.4. The van der Waals surface area contributed by atoms with E-state index >= 15 is 0 Å². The molecule has 6 heteroatoms. The number of thioether (sulfide) groups is 1. The zero-order valence-corrected chi connectivity index (χ0v) is 17.4. The monoisotopic (exact) mass is 389 g/mol. The molecule has 0 spiro atoms. The Balaban J connectivity index is 1.95. The van der Waals surface area contributed by atoms with Gasteiger partial charge in [-0.15, -0.1) is 11.8 Å². The van der Waals surface area contributed by atoms with Crippen LogP contribution in [-0.2, 0) is 11.3 Å². The average molecular weight is 390 g/mol. The Labute approximate surface area is 165 Å². The molecule has 0 aromatic heterocycles. The quantitative estimate of drug-likeness (QED) is 0.603. The number of ether oxygens (including phenoxy) is 3. The molecule has 146 valence electrons. The zero-order valence-electron chi connectivity index (χ0n) is 16.6. The van der Waals surface area contributed by atoms with Crippen LogP contribution < -0.4 is 14.2 Å². The fourth-order valence-electron chi connectivity index (χ4n) is 2.59. The second-order valence-corrected chi connectivity index (χ2v) is 7.13. The number of rotatable bonds is 9. The lowest BCUT2D eigenvalue weighted by Crippen LogP contribution is -2.28. The van der Waals surface area contributed by atoms with Crippen molar-refractivity contribution in [1.29, 1.82) is 0 Å². The molecule has 1 amide bonds. The first-order valence-electron chi connectivity index (χ1n) is 8.79. The molecule has 0 aliphatic carbocycles. The Morgan fingerprint density at radius 3 is 2.30 bits per heavy atom. The highest BCUT2D eigenvalue weighted by atomic mass is 32.2. The van der Waals surface area contributed by atoms with Crippen molar-refractivity contribution in [2.45, 2.75) is 25.3 Å². The molecule has 0 aliphatic heterocycles. The highest BCUT2D eigenvalue weighted by Crippen LogP contribution is 2.31. The predicted octanol–water partition coefficient (Wildman–Crippen LogP) is 4.16. The van der Waals surface area contributed by atoms with Crippen molar-refractivity contribution in [2.24, 2.45) is 0 Å². The molecule has 0 unspecified atom stereocenters. The van der Waals surface area contributed by atoms with Crippen LogP contribution in [0.3, 0.4) is 0 Å². The molecule has 0 aliphatic rings. The van der Waals surface area contributed by atoms with Crippen molar-refractivity contribution in [3.05, 3.63) is 47.5 Å². The van der Waals surface area contributed by atoms with Gasteiger partial charge in [0.25, 0.3) is 0 Å². The minimum absolute atomic E-state index is 0.0723. The van der Waals surface area contributed by atoms with Crippen molar-refractivity contribution >= 4 is 17.7 Å². The summed E-state index contributed by atoms with van der Waals surface area (Å²) in [4.78, 5) is 15.3. The van der Waals surface area contributed by atoms with Crippen molar-refractivity contribution in [3.63, 3.8) is 0 Å². The van der Waals surface area contributed by atoms with E-state index in [1.165, 1.54) is 11.8 Å². The summed E-state index contributed by atoms with van der Waals surface area (Å²) in [5.74, 6) is 2.66. The lowest BCUT2D eigenvalue weighted by Gasteiger charge is -2.20. The summed E-state index contributed by atoms with van der Waals surface area (Å²) in [5.41, 5.74) is 2.10. The summed E-state index contributed by atoms with van der Waals surface area (Å²) in [7, 11) is 5.04. The average Bonchev–Trinajstić information content (AvgIpc) is 2.68. The Morgan fingerprint density at radius 2 is 1.70 bits per heavy atom. The van der Waals surface area contributed by atoms with Gasteiger partial charge in [0.15, 0.2) is 11.5 Å². The second kappa shape index (κ2) is 10.1. The van der Waals surface area contributed by atoms with Crippen LogP contribution in [-0.4, -0.2) is 44.4 Å². The highest BCUT2D eigenvalue weighted by molar-refractivity contribution is 8.00. The number of nitrogens with zero attached hydrogens (tertiary/aromatic N) is 1. The molecule has 27 heavy (non-hydrogen) atoms. The van der Waals surface area contributed by atoms with Crippen molar-refractivity contribution in [2.75, 3.05) is 33.6 Å². The molecule has 2 aromatic carbocycles. The molecule has 0 saturated carbocycles. The van der Waals surface area contributed by atoms with Gasteiger partial charge >= 0.3 is 0 Å². The maximum atomic E-state index is 12.5. The SMILES string of the molecule is CCOc1ccc(SCC(=O)N(C)Cc2cc(OC)c(OC)cc2C)cc1. The van der Waals surface area contributed by atoms with Crippen LogP contribution >= 0.6 is 11.8 Å². The summed E-state index contributed by atoms with van der Waals surface area (Å²) >= 11 is 1.52. The van der Waals surface area contributed by atoms with Crippen LogP contribution in [0.15, 0.2) is 41.3 Å². The molecule has 2 rings (SSSR count). The Morgan fingerprint density at radius 1 is 1.07 bits per heavy atom. The van der Waals surface area contributed by atoms with E-state index in [1.54, 1.807) is 19.1 Å². The number of carbonyl (C=O) groups excluding carboxylic acids is 1. The smallest absolute Gasteiger partial charge is 0.232 e. The Kier molecular flexibility index (Phi) is 7.85. The highest BCUT2D eigenvalue weighted by Gasteiger charge is 2.14. The third-order valence-corrected chi connectivity index (χ3v) is 5.17. The van der Waals surface area contributed by atoms with Crippen LogP contribution in [0.5, 0.6) is 17.2 Å². The molecule has 0 fully saturated rings. The van der Waals surface area contributed by atoms with Gasteiger partial charge in [-0.3, -0.25) is 4.79 Å². The second-order valence-electron chi connectivity index (χ2n) is 6.08. The maximum absolute atomic E-state index is 12.5. The van der Waals surface area contributed by atoms with Gasteiger partial charge in [0.2, 0.25) is 5.91 Å². The van der Waals surface area contributed by atoms with Crippen LogP contribution in [0, 0.1) is 6.92 Å². The van der Waals surface area contributed by atoms with Gasteiger partial charge in [-0.05, 0) is 61.4 Å². The van der Waals surface area contributed by atoms with E-state index in [-0.39, 0.29) is 5.91 Å². The van der Waals surface area contributed by atoms with Gasteiger partial charge in [0.05, 0.1) is 26.6 Å². The van der Waals surface area contributed by atoms with E-state index in [9.17, 15) is 4.79 Å². The fraction of sp³-hybridized carbons (Fsp3) is 0.381. The molecular weight excluding hydrogens is 362 g/mol. The molecule has 0 atom stereocenters. The number of hydrogen-bond donors (Lipinski definition) is 0. The summed E-state index contributed by atoms with van der Waals surface area (Å²) in [5, 5.41) is 0. The first-order chi connectivity index (χ1) is 13.0. The number of amides is 1. The van der Waals surface area contributed by atoms with E-state index < -0.39 is 0 Å². The van der Waals surface area contributed by atoms with Gasteiger partial charge in [-0.25, -0.2) is 0 Å². The van der Waals surface area contributed by atoms with Crippen LogP contribution in [0.25, 0.3) is 0 Å². The van der Waals surface area contributed by atoms with Crippen LogP contribution in [0.1, 0.15) is 18.1 Å². The summed E-state index contributed by atoms with van der Waals surface area (Å²) in [6, 6.07) is 11.7. The minimum Gasteiger partial charge on any atom is -0.494 e. The predicted molar refractivity (Wildman–Crippen MR) is 109 cm³/mol. The van der Waals surface area contributed by atoms with E-state index in [0.29, 0.717) is 30.4 Å². The van der Waals surface area contributed by atoms with Gasteiger partial charge < -0.3 is 19.1 Å². The summed E-state index contributed by atoms with van der Waals surface area (Å²) in [6.45, 7) is 5.13. The number of carbonyl (C=O) groups is 1. The first kappa shape index (κ1) is 21.0. The molecule has 0 N–H and O–H groups in total. The third kappa shape index (κ3) is 5.82. The van der Waals surface area contributed by atoms with E-state index in [0.717, 1.165) is 21.8 Å². The third-order valence-electron chi connectivity index (χ3n) is 4.17. The Hall–Kier alpha value is -2.34. The summed E-state index contributed by atoms with van der Waals surface area (Å²) in [6.07, 6.45) is 0. The van der Waals surface area contributed by atoms with Gasteiger partial charge in [-0.2, -0.15) is 0 Å². The lowest BCUT2D eigenvalue weighted by atomic mass is 10.1. The number of methoxy groups -OCH3 is 2. The van der Waals surface area contributed by atoms with E-state index in [2.05, 4.69) is 0 Å².